The lowest BCUT2D eigenvalue weighted by Gasteiger charge is -2.30. The summed E-state index contributed by atoms with van der Waals surface area (Å²) in [6.45, 7) is 3.43. The molecule has 0 bridgehead atoms. The molecule has 0 saturated carbocycles. The van der Waals surface area contributed by atoms with Crippen LogP contribution in [0.4, 0.5) is 5.82 Å². The molecule has 2 heterocycles. The number of ether oxygens (including phenoxy) is 1. The molecule has 1 fully saturated rings. The Kier molecular flexibility index (Phi) is 4.55. The number of carbonyl (C=O) groups excluding carboxylic acids is 1. The van der Waals surface area contributed by atoms with E-state index >= 15 is 0 Å². The second-order valence-corrected chi connectivity index (χ2v) is 4.73. The molecular formula is C14H18N2O4. The lowest BCUT2D eigenvalue weighted by molar-refractivity contribution is -0.142. The lowest BCUT2D eigenvalue weighted by atomic mass is 9.97. The first kappa shape index (κ1) is 14.3. The van der Waals surface area contributed by atoms with Crippen molar-refractivity contribution in [3.8, 4) is 0 Å². The van der Waals surface area contributed by atoms with Crippen molar-refractivity contribution in [1.29, 1.82) is 0 Å². The SMILES string of the molecule is CCOC(=O)c1ccc(N2CCC(C(=O)O)CC2)nc1. The first-order valence-electron chi connectivity index (χ1n) is 6.72. The van der Waals surface area contributed by atoms with Gasteiger partial charge in [-0.3, -0.25) is 4.79 Å². The van der Waals surface area contributed by atoms with E-state index in [2.05, 4.69) is 4.98 Å². The van der Waals surface area contributed by atoms with Crippen LogP contribution < -0.4 is 4.90 Å². The third-order valence-corrected chi connectivity index (χ3v) is 3.43. The van der Waals surface area contributed by atoms with E-state index in [4.69, 9.17) is 9.84 Å². The zero-order valence-electron chi connectivity index (χ0n) is 11.4. The van der Waals surface area contributed by atoms with Gasteiger partial charge in [-0.25, -0.2) is 9.78 Å². The van der Waals surface area contributed by atoms with Crippen LogP contribution in [0.1, 0.15) is 30.1 Å². The van der Waals surface area contributed by atoms with Gasteiger partial charge in [-0.1, -0.05) is 0 Å². The van der Waals surface area contributed by atoms with Gasteiger partial charge in [0.05, 0.1) is 18.1 Å². The molecule has 108 valence electrons. The zero-order chi connectivity index (χ0) is 14.5. The third-order valence-electron chi connectivity index (χ3n) is 3.43. The minimum Gasteiger partial charge on any atom is -0.481 e. The molecule has 6 nitrogen and oxygen atoms in total. The van der Waals surface area contributed by atoms with Crippen molar-refractivity contribution in [1.82, 2.24) is 4.98 Å². The molecule has 0 aliphatic carbocycles. The summed E-state index contributed by atoms with van der Waals surface area (Å²) < 4.78 is 4.90. The van der Waals surface area contributed by atoms with Crippen molar-refractivity contribution in [3.05, 3.63) is 23.9 Å². The van der Waals surface area contributed by atoms with Crippen molar-refractivity contribution in [3.63, 3.8) is 0 Å². The molecular weight excluding hydrogens is 260 g/mol. The van der Waals surface area contributed by atoms with Crippen LogP contribution in [0, 0.1) is 5.92 Å². The number of carboxylic acid groups (broad SMARTS) is 1. The fourth-order valence-corrected chi connectivity index (χ4v) is 2.26. The number of hydrogen-bond acceptors (Lipinski definition) is 5. The number of carbonyl (C=O) groups is 2. The number of anilines is 1. The molecule has 2 rings (SSSR count). The highest BCUT2D eigenvalue weighted by Gasteiger charge is 2.25. The maximum Gasteiger partial charge on any atom is 0.339 e. The largest absolute Gasteiger partial charge is 0.481 e. The van der Waals surface area contributed by atoms with Crippen LogP contribution in [-0.2, 0) is 9.53 Å². The highest BCUT2D eigenvalue weighted by molar-refractivity contribution is 5.89. The van der Waals surface area contributed by atoms with Crippen LogP contribution >= 0.6 is 0 Å². The Morgan fingerprint density at radius 2 is 2.10 bits per heavy atom. The van der Waals surface area contributed by atoms with Gasteiger partial charge < -0.3 is 14.7 Å². The number of aromatic nitrogens is 1. The molecule has 0 radical (unpaired) electrons. The molecule has 1 saturated heterocycles. The summed E-state index contributed by atoms with van der Waals surface area (Å²) in [5.41, 5.74) is 0.427. The normalized spacial score (nSPS) is 15.9. The van der Waals surface area contributed by atoms with E-state index in [1.54, 1.807) is 19.1 Å². The zero-order valence-corrected chi connectivity index (χ0v) is 11.4. The molecule has 1 aromatic rings. The number of pyridine rings is 1. The molecule has 0 atom stereocenters. The topological polar surface area (TPSA) is 79.7 Å². The van der Waals surface area contributed by atoms with Crippen molar-refractivity contribution in [2.45, 2.75) is 19.8 Å². The van der Waals surface area contributed by atoms with Crippen molar-refractivity contribution in [2.24, 2.45) is 5.92 Å². The number of nitrogens with zero attached hydrogens (tertiary/aromatic N) is 2. The summed E-state index contributed by atoms with van der Waals surface area (Å²) in [5.74, 6) is -0.599. The van der Waals surface area contributed by atoms with Gasteiger partial charge >= 0.3 is 11.9 Å². The summed E-state index contributed by atoms with van der Waals surface area (Å²) in [4.78, 5) is 28.7. The van der Waals surface area contributed by atoms with Gasteiger partial charge in [0.1, 0.15) is 5.82 Å². The molecule has 0 aromatic carbocycles. The molecule has 1 N–H and O–H groups in total. The van der Waals surface area contributed by atoms with Gasteiger partial charge in [0.25, 0.3) is 0 Å². The summed E-state index contributed by atoms with van der Waals surface area (Å²) in [7, 11) is 0. The van der Waals surface area contributed by atoms with Gasteiger partial charge in [-0.15, -0.1) is 0 Å². The van der Waals surface area contributed by atoms with Crippen molar-refractivity contribution >= 4 is 17.8 Å². The maximum atomic E-state index is 11.5. The fourth-order valence-electron chi connectivity index (χ4n) is 2.26. The van der Waals surface area contributed by atoms with E-state index in [0.717, 1.165) is 5.82 Å². The second-order valence-electron chi connectivity index (χ2n) is 4.73. The summed E-state index contributed by atoms with van der Waals surface area (Å²) >= 11 is 0. The van der Waals surface area contributed by atoms with Gasteiger partial charge in [0.2, 0.25) is 0 Å². The van der Waals surface area contributed by atoms with E-state index in [1.165, 1.54) is 6.20 Å². The van der Waals surface area contributed by atoms with Crippen LogP contribution in [0.25, 0.3) is 0 Å². The first-order chi connectivity index (χ1) is 9.61. The Balaban J connectivity index is 1.97. The quantitative estimate of drug-likeness (QED) is 0.842. The van der Waals surface area contributed by atoms with Crippen LogP contribution in [0.15, 0.2) is 18.3 Å². The smallest absolute Gasteiger partial charge is 0.339 e. The van der Waals surface area contributed by atoms with Gasteiger partial charge in [0, 0.05) is 19.3 Å². The minimum absolute atomic E-state index is 0.259. The fraction of sp³-hybridized carbons (Fsp3) is 0.500. The molecule has 6 heteroatoms. The van der Waals surface area contributed by atoms with E-state index in [0.29, 0.717) is 38.1 Å². The Hall–Kier alpha value is -2.11. The average molecular weight is 278 g/mol. The van der Waals surface area contributed by atoms with Gasteiger partial charge in [0.15, 0.2) is 0 Å². The molecule has 0 unspecified atom stereocenters. The standard InChI is InChI=1S/C14H18N2O4/c1-2-20-14(19)11-3-4-12(15-9-11)16-7-5-10(6-8-16)13(17)18/h3-4,9-10H,2,5-8H2,1H3,(H,17,18). The van der Waals surface area contributed by atoms with Crippen LogP contribution in [0.3, 0.4) is 0 Å². The van der Waals surface area contributed by atoms with E-state index < -0.39 is 5.97 Å². The van der Waals surface area contributed by atoms with E-state index in [-0.39, 0.29) is 11.9 Å². The molecule has 20 heavy (non-hydrogen) atoms. The van der Waals surface area contributed by atoms with Gasteiger partial charge in [-0.05, 0) is 31.9 Å². The van der Waals surface area contributed by atoms with Crippen molar-refractivity contribution < 1.29 is 19.4 Å². The number of piperidine rings is 1. The Morgan fingerprint density at radius 1 is 1.40 bits per heavy atom. The summed E-state index contributed by atoms with van der Waals surface area (Å²) in [6, 6.07) is 3.46. The molecule has 1 aromatic heterocycles. The maximum absolute atomic E-state index is 11.5. The Morgan fingerprint density at radius 3 is 2.60 bits per heavy atom. The summed E-state index contributed by atoms with van der Waals surface area (Å²) in [6.07, 6.45) is 2.74. The Bertz CT molecular complexity index is 478. The number of rotatable bonds is 4. The highest BCUT2D eigenvalue weighted by Crippen LogP contribution is 2.22. The van der Waals surface area contributed by atoms with Gasteiger partial charge in [-0.2, -0.15) is 0 Å². The molecule has 1 aliphatic rings. The number of carboxylic acids is 1. The lowest BCUT2D eigenvalue weighted by Crippen LogP contribution is -2.36. The third kappa shape index (κ3) is 3.26. The van der Waals surface area contributed by atoms with Crippen LogP contribution in [-0.4, -0.2) is 41.7 Å². The van der Waals surface area contributed by atoms with E-state index in [9.17, 15) is 9.59 Å². The highest BCUT2D eigenvalue weighted by atomic mass is 16.5. The molecule has 0 spiro atoms. The first-order valence-corrected chi connectivity index (χ1v) is 6.72. The van der Waals surface area contributed by atoms with Crippen LogP contribution in [0.5, 0.6) is 0 Å². The molecule has 1 aliphatic heterocycles. The van der Waals surface area contributed by atoms with Crippen LogP contribution in [0.2, 0.25) is 0 Å². The average Bonchev–Trinajstić information content (AvgIpc) is 2.48. The van der Waals surface area contributed by atoms with E-state index in [1.807, 2.05) is 4.90 Å². The second kappa shape index (κ2) is 6.36. The monoisotopic (exact) mass is 278 g/mol. The Labute approximate surface area is 117 Å². The summed E-state index contributed by atoms with van der Waals surface area (Å²) in [5, 5.41) is 8.96. The number of esters is 1. The minimum atomic E-state index is -0.727. The number of aliphatic carboxylic acids is 1. The predicted octanol–water partition coefficient (Wildman–Crippen LogP) is 1.56. The molecule has 0 amide bonds. The predicted molar refractivity (Wildman–Crippen MR) is 72.8 cm³/mol. The van der Waals surface area contributed by atoms with Crippen molar-refractivity contribution in [2.75, 3.05) is 24.6 Å². The number of hydrogen-bond donors (Lipinski definition) is 1.